The smallest absolute Gasteiger partial charge is 0.0721 e. The van der Waals surface area contributed by atoms with Gasteiger partial charge in [0.2, 0.25) is 0 Å². The number of hydrogen-bond acceptors (Lipinski definition) is 1. The van der Waals surface area contributed by atoms with Crippen molar-refractivity contribution in [3.8, 4) is 0 Å². The average Bonchev–Trinajstić information content (AvgIpc) is 2.31. The van der Waals surface area contributed by atoms with Gasteiger partial charge in [0, 0.05) is 5.88 Å². The van der Waals surface area contributed by atoms with Crippen LogP contribution in [0.25, 0.3) is 0 Å². The number of alkyl halides is 1. The summed E-state index contributed by atoms with van der Waals surface area (Å²) in [5, 5.41) is 0. The molecule has 0 radical (unpaired) electrons. The largest absolute Gasteiger partial charge is 0.376 e. The third-order valence-corrected chi connectivity index (χ3v) is 2.23. The lowest BCUT2D eigenvalue weighted by molar-refractivity contribution is 0.167. The van der Waals surface area contributed by atoms with E-state index in [1.165, 1.54) is 19.3 Å². The quantitative estimate of drug-likeness (QED) is 0.238. The second-order valence-electron chi connectivity index (χ2n) is 3.53. The Morgan fingerprint density at radius 1 is 1.12 bits per heavy atom. The zero-order valence-corrected chi connectivity index (χ0v) is 11.0. The van der Waals surface area contributed by atoms with E-state index >= 15 is 0 Å². The van der Waals surface area contributed by atoms with E-state index < -0.39 is 0 Å². The van der Waals surface area contributed by atoms with Crippen LogP contribution in [0.3, 0.4) is 0 Å². The van der Waals surface area contributed by atoms with Crippen molar-refractivity contribution in [3.05, 3.63) is 30.0 Å². The number of hydrogen-bond donors (Lipinski definition) is 0. The zero-order valence-electron chi connectivity index (χ0n) is 10.3. The van der Waals surface area contributed by atoms with Gasteiger partial charge >= 0.3 is 0 Å². The van der Waals surface area contributed by atoms with Crippen LogP contribution in [0.15, 0.2) is 30.0 Å². The summed E-state index contributed by atoms with van der Waals surface area (Å²) in [6.07, 6.45) is 13.9. The summed E-state index contributed by atoms with van der Waals surface area (Å²) < 4.78 is 5.40. The minimum absolute atomic E-state index is 0.640. The number of halogens is 1. The molecule has 0 atom stereocenters. The van der Waals surface area contributed by atoms with E-state index in [1.54, 1.807) is 0 Å². The first-order valence-electron chi connectivity index (χ1n) is 6.10. The predicted octanol–water partition coefficient (Wildman–Crippen LogP) is 4.48. The van der Waals surface area contributed by atoms with Crippen molar-refractivity contribution in [1.29, 1.82) is 0 Å². The number of unbranched alkanes of at least 4 members (excludes halogenated alkanes) is 2. The molecule has 0 aliphatic rings. The summed E-state index contributed by atoms with van der Waals surface area (Å²) in [4.78, 5) is 0. The highest BCUT2D eigenvalue weighted by Crippen LogP contribution is 1.96. The van der Waals surface area contributed by atoms with Crippen molar-refractivity contribution in [1.82, 2.24) is 0 Å². The maximum atomic E-state index is 5.51. The van der Waals surface area contributed by atoms with Gasteiger partial charge in [-0.3, -0.25) is 0 Å². The van der Waals surface area contributed by atoms with Gasteiger partial charge in [0.05, 0.1) is 13.2 Å². The van der Waals surface area contributed by atoms with Crippen molar-refractivity contribution >= 4 is 11.6 Å². The van der Waals surface area contributed by atoms with E-state index in [1.807, 2.05) is 12.2 Å². The number of ether oxygens (including phenoxy) is 1. The van der Waals surface area contributed by atoms with Crippen molar-refractivity contribution in [2.75, 3.05) is 19.1 Å². The first kappa shape index (κ1) is 15.5. The molecule has 16 heavy (non-hydrogen) atoms. The highest BCUT2D eigenvalue weighted by molar-refractivity contribution is 6.17. The van der Waals surface area contributed by atoms with Crippen LogP contribution < -0.4 is 0 Å². The fourth-order valence-electron chi connectivity index (χ4n) is 1.12. The molecular formula is C14H23ClO. The van der Waals surface area contributed by atoms with Crippen LogP contribution in [0.5, 0.6) is 0 Å². The minimum Gasteiger partial charge on any atom is -0.376 e. The Hall–Kier alpha value is -0.490. The van der Waals surface area contributed by atoms with E-state index in [4.69, 9.17) is 16.3 Å². The van der Waals surface area contributed by atoms with Crippen LogP contribution in [0.1, 0.15) is 39.0 Å². The van der Waals surface area contributed by atoms with E-state index in [0.717, 1.165) is 19.4 Å². The van der Waals surface area contributed by atoms with Crippen LogP contribution in [0, 0.1) is 0 Å². The topological polar surface area (TPSA) is 9.23 Å². The fraction of sp³-hybridized carbons (Fsp3) is 0.643. The lowest BCUT2D eigenvalue weighted by Gasteiger charge is -1.95. The number of allylic oxidation sites excluding steroid dienone is 1. The average molecular weight is 243 g/mol. The van der Waals surface area contributed by atoms with Crippen molar-refractivity contribution in [2.45, 2.75) is 39.0 Å². The SMILES string of the molecule is CCCCC=CCCOCC=C=CCCCl. The Morgan fingerprint density at radius 3 is 2.69 bits per heavy atom. The molecule has 0 spiro atoms. The molecule has 0 saturated carbocycles. The summed E-state index contributed by atoms with van der Waals surface area (Å²) in [7, 11) is 0. The van der Waals surface area contributed by atoms with E-state index in [-0.39, 0.29) is 0 Å². The summed E-state index contributed by atoms with van der Waals surface area (Å²) in [5.74, 6) is 0.657. The van der Waals surface area contributed by atoms with Gasteiger partial charge in [-0.05, 0) is 31.4 Å². The molecule has 2 heteroatoms. The molecule has 0 unspecified atom stereocenters. The lowest BCUT2D eigenvalue weighted by Crippen LogP contribution is -1.91. The van der Waals surface area contributed by atoms with E-state index in [2.05, 4.69) is 24.8 Å². The molecule has 0 heterocycles. The summed E-state index contributed by atoms with van der Waals surface area (Å²) in [5.41, 5.74) is 3.03. The molecule has 0 aromatic carbocycles. The summed E-state index contributed by atoms with van der Waals surface area (Å²) in [6, 6.07) is 0. The fourth-order valence-corrected chi connectivity index (χ4v) is 1.23. The molecule has 0 fully saturated rings. The number of rotatable bonds is 10. The van der Waals surface area contributed by atoms with Crippen molar-refractivity contribution < 1.29 is 4.74 Å². The lowest BCUT2D eigenvalue weighted by atomic mass is 10.2. The Morgan fingerprint density at radius 2 is 1.94 bits per heavy atom. The van der Waals surface area contributed by atoms with Gasteiger partial charge in [-0.15, -0.1) is 17.3 Å². The molecule has 0 saturated heterocycles. The van der Waals surface area contributed by atoms with Gasteiger partial charge in [-0.2, -0.15) is 0 Å². The molecule has 0 bridgehead atoms. The maximum Gasteiger partial charge on any atom is 0.0721 e. The van der Waals surface area contributed by atoms with Gasteiger partial charge in [0.15, 0.2) is 0 Å². The van der Waals surface area contributed by atoms with Gasteiger partial charge in [-0.25, -0.2) is 0 Å². The third kappa shape index (κ3) is 13.5. The van der Waals surface area contributed by atoms with E-state index in [9.17, 15) is 0 Å². The molecule has 0 aliphatic heterocycles. The Balaban J connectivity index is 3.20. The molecule has 0 rings (SSSR count). The highest BCUT2D eigenvalue weighted by Gasteiger charge is 1.82. The van der Waals surface area contributed by atoms with Crippen molar-refractivity contribution in [3.63, 3.8) is 0 Å². The first-order chi connectivity index (χ1) is 7.91. The third-order valence-electron chi connectivity index (χ3n) is 2.01. The molecule has 0 aromatic heterocycles. The molecule has 0 aliphatic carbocycles. The highest BCUT2D eigenvalue weighted by atomic mass is 35.5. The standard InChI is InChI=1S/C14H23ClO/c1-2-3-4-5-7-10-13-16-14-11-8-6-9-12-15/h5-7,11H,2-4,9-10,12-14H2,1H3. The van der Waals surface area contributed by atoms with Gasteiger partial charge in [0.25, 0.3) is 0 Å². The van der Waals surface area contributed by atoms with Crippen LogP contribution in [0.2, 0.25) is 0 Å². The predicted molar refractivity (Wildman–Crippen MR) is 72.1 cm³/mol. The van der Waals surface area contributed by atoms with Crippen LogP contribution in [-0.4, -0.2) is 19.1 Å². The van der Waals surface area contributed by atoms with E-state index in [0.29, 0.717) is 12.5 Å². The summed E-state index contributed by atoms with van der Waals surface area (Å²) >= 11 is 5.51. The summed E-state index contributed by atoms with van der Waals surface area (Å²) in [6.45, 7) is 3.64. The maximum absolute atomic E-state index is 5.51. The van der Waals surface area contributed by atoms with Gasteiger partial charge in [-0.1, -0.05) is 31.9 Å². The van der Waals surface area contributed by atoms with Crippen LogP contribution in [-0.2, 0) is 4.74 Å². The normalized spacial score (nSPS) is 10.4. The molecular weight excluding hydrogens is 220 g/mol. The Kier molecular flexibility index (Phi) is 14.1. The van der Waals surface area contributed by atoms with Gasteiger partial charge < -0.3 is 4.74 Å². The first-order valence-corrected chi connectivity index (χ1v) is 6.63. The molecule has 0 aromatic rings. The van der Waals surface area contributed by atoms with Crippen LogP contribution in [0.4, 0.5) is 0 Å². The second kappa shape index (κ2) is 14.5. The molecule has 92 valence electrons. The minimum atomic E-state index is 0.640. The molecule has 0 amide bonds. The molecule has 1 nitrogen and oxygen atoms in total. The zero-order chi connectivity index (χ0) is 11.9. The van der Waals surface area contributed by atoms with Crippen molar-refractivity contribution in [2.24, 2.45) is 0 Å². The molecule has 0 N–H and O–H groups in total. The van der Waals surface area contributed by atoms with Crippen LogP contribution >= 0.6 is 11.6 Å². The second-order valence-corrected chi connectivity index (χ2v) is 3.91. The Labute approximate surface area is 105 Å². The monoisotopic (exact) mass is 242 g/mol. The van der Waals surface area contributed by atoms with Gasteiger partial charge in [0.1, 0.15) is 0 Å². The Bertz CT molecular complexity index is 215.